The summed E-state index contributed by atoms with van der Waals surface area (Å²) in [5.74, 6) is 5.76. The summed E-state index contributed by atoms with van der Waals surface area (Å²) in [7, 11) is -2.29. The molecule has 1 saturated heterocycles. The topological polar surface area (TPSA) is 82.5 Å². The molecule has 0 saturated carbocycles. The highest BCUT2D eigenvalue weighted by atomic mass is 35.5. The van der Waals surface area contributed by atoms with Crippen molar-refractivity contribution in [2.75, 3.05) is 17.9 Å². The van der Waals surface area contributed by atoms with Gasteiger partial charge in [0.1, 0.15) is 11.5 Å². The van der Waals surface area contributed by atoms with Gasteiger partial charge in [0.2, 0.25) is 0 Å². The zero-order valence-electron chi connectivity index (χ0n) is 17.0. The number of sulfonamides is 1. The number of ether oxygens (including phenoxy) is 2. The molecule has 162 valence electrons. The Balaban J connectivity index is 1.76. The van der Waals surface area contributed by atoms with Gasteiger partial charge in [-0.2, -0.15) is 5.10 Å². The number of benzene rings is 1. The third-order valence-corrected chi connectivity index (χ3v) is 6.99. The zero-order valence-corrected chi connectivity index (χ0v) is 19.3. The molecule has 30 heavy (non-hydrogen) atoms. The maximum atomic E-state index is 12.9. The summed E-state index contributed by atoms with van der Waals surface area (Å²) in [5.41, 5.74) is 2.12. The van der Waals surface area contributed by atoms with Crippen molar-refractivity contribution in [3.05, 3.63) is 39.1 Å². The van der Waals surface area contributed by atoms with Crippen LogP contribution in [0.15, 0.2) is 17.0 Å². The first-order valence-electron chi connectivity index (χ1n) is 9.43. The first-order chi connectivity index (χ1) is 14.2. The number of nitrogens with zero attached hydrogens (tertiary/aromatic N) is 2. The molecular formula is C20H23Cl2N3O4S. The van der Waals surface area contributed by atoms with Gasteiger partial charge in [0.05, 0.1) is 27.1 Å². The van der Waals surface area contributed by atoms with E-state index in [1.54, 1.807) is 25.6 Å². The van der Waals surface area contributed by atoms with Gasteiger partial charge in [-0.15, -0.1) is 0 Å². The third-order valence-electron chi connectivity index (χ3n) is 4.72. The lowest BCUT2D eigenvalue weighted by Crippen LogP contribution is -2.22. The van der Waals surface area contributed by atoms with E-state index in [0.717, 1.165) is 19.3 Å². The van der Waals surface area contributed by atoms with Gasteiger partial charge in [0, 0.05) is 19.2 Å². The highest BCUT2D eigenvalue weighted by Crippen LogP contribution is 2.33. The molecule has 1 aliphatic rings. The minimum absolute atomic E-state index is 0.0185. The second-order valence-corrected chi connectivity index (χ2v) is 9.39. The number of halogens is 2. The van der Waals surface area contributed by atoms with E-state index < -0.39 is 10.0 Å². The van der Waals surface area contributed by atoms with E-state index in [1.807, 2.05) is 0 Å². The molecule has 1 atom stereocenters. The second-order valence-electron chi connectivity index (χ2n) is 6.95. The molecule has 1 aromatic heterocycles. The molecule has 0 spiro atoms. The van der Waals surface area contributed by atoms with Crippen molar-refractivity contribution in [3.63, 3.8) is 0 Å². The van der Waals surface area contributed by atoms with Gasteiger partial charge in [-0.3, -0.25) is 9.40 Å². The summed E-state index contributed by atoms with van der Waals surface area (Å²) >= 11 is 12.5. The molecule has 1 N–H and O–H groups in total. The van der Waals surface area contributed by atoms with E-state index >= 15 is 0 Å². The van der Waals surface area contributed by atoms with Crippen molar-refractivity contribution >= 4 is 38.9 Å². The zero-order chi connectivity index (χ0) is 21.9. The van der Waals surface area contributed by atoms with Gasteiger partial charge in [-0.1, -0.05) is 35.0 Å². The fourth-order valence-electron chi connectivity index (χ4n) is 3.11. The van der Waals surface area contributed by atoms with Crippen LogP contribution in [-0.4, -0.2) is 37.7 Å². The van der Waals surface area contributed by atoms with E-state index in [-0.39, 0.29) is 27.8 Å². The molecule has 2 heterocycles. The molecule has 2 aromatic rings. The fraction of sp³-hybridized carbons (Fsp3) is 0.450. The number of nitrogens with one attached hydrogen (secondary N) is 1. The van der Waals surface area contributed by atoms with Crippen molar-refractivity contribution in [2.45, 2.75) is 44.3 Å². The Kier molecular flexibility index (Phi) is 7.32. The molecule has 0 amide bonds. The molecule has 1 aromatic carbocycles. The molecular weight excluding hydrogens is 449 g/mol. The average Bonchev–Trinajstić information content (AvgIpc) is 2.91. The molecule has 1 fully saturated rings. The molecule has 0 bridgehead atoms. The quantitative estimate of drug-likeness (QED) is 0.665. The van der Waals surface area contributed by atoms with E-state index in [9.17, 15) is 8.42 Å². The lowest BCUT2D eigenvalue weighted by Gasteiger charge is -2.21. The largest absolute Gasteiger partial charge is 0.353 e. The lowest BCUT2D eigenvalue weighted by atomic mass is 10.2. The van der Waals surface area contributed by atoms with Gasteiger partial charge in [0.25, 0.3) is 10.0 Å². The Bertz CT molecular complexity index is 1070. The average molecular weight is 472 g/mol. The number of aryl methyl sites for hydroxylation is 2. The highest BCUT2D eigenvalue weighted by molar-refractivity contribution is 7.93. The van der Waals surface area contributed by atoms with Crippen molar-refractivity contribution < 1.29 is 17.9 Å². The first-order valence-corrected chi connectivity index (χ1v) is 11.7. The van der Waals surface area contributed by atoms with E-state index in [2.05, 4.69) is 21.7 Å². The second kappa shape index (κ2) is 9.58. The van der Waals surface area contributed by atoms with E-state index in [1.165, 1.54) is 12.1 Å². The first kappa shape index (κ1) is 22.9. The van der Waals surface area contributed by atoms with Gasteiger partial charge < -0.3 is 9.47 Å². The molecule has 1 aliphatic heterocycles. The van der Waals surface area contributed by atoms with Crippen LogP contribution in [0.25, 0.3) is 0 Å². The number of rotatable bonds is 5. The molecule has 0 aliphatic carbocycles. The van der Waals surface area contributed by atoms with Crippen molar-refractivity contribution in [2.24, 2.45) is 7.05 Å². The van der Waals surface area contributed by atoms with Crippen LogP contribution in [0.5, 0.6) is 0 Å². The number of hydrogen-bond donors (Lipinski definition) is 1. The predicted octanol–water partition coefficient (Wildman–Crippen LogP) is 4.04. The molecule has 3 rings (SSSR count). The number of anilines is 1. The normalized spacial score (nSPS) is 16.8. The maximum absolute atomic E-state index is 12.9. The Morgan fingerprint density at radius 3 is 2.57 bits per heavy atom. The van der Waals surface area contributed by atoms with Crippen LogP contribution in [0.2, 0.25) is 10.0 Å². The van der Waals surface area contributed by atoms with Gasteiger partial charge >= 0.3 is 0 Å². The van der Waals surface area contributed by atoms with Crippen molar-refractivity contribution in [1.29, 1.82) is 0 Å². The van der Waals surface area contributed by atoms with E-state index in [4.69, 9.17) is 32.7 Å². The van der Waals surface area contributed by atoms with Crippen LogP contribution in [-0.2, 0) is 26.5 Å². The molecule has 10 heteroatoms. The summed E-state index contributed by atoms with van der Waals surface area (Å²) in [6, 6.07) is 2.93. The molecule has 1 unspecified atom stereocenters. The van der Waals surface area contributed by atoms with Crippen LogP contribution in [0.1, 0.15) is 36.2 Å². The Hall–Kier alpha value is -1.76. The van der Waals surface area contributed by atoms with Gasteiger partial charge in [0.15, 0.2) is 6.29 Å². The van der Waals surface area contributed by atoms with Crippen LogP contribution in [0.3, 0.4) is 0 Å². The Morgan fingerprint density at radius 1 is 1.30 bits per heavy atom. The fourth-order valence-corrected chi connectivity index (χ4v) is 5.50. The summed E-state index contributed by atoms with van der Waals surface area (Å²) < 4.78 is 41.0. The Labute approximate surface area is 186 Å². The maximum Gasteiger partial charge on any atom is 0.264 e. The number of hydrogen-bond acceptors (Lipinski definition) is 5. The number of aromatic nitrogens is 2. The van der Waals surface area contributed by atoms with Crippen molar-refractivity contribution in [3.8, 4) is 11.8 Å². The van der Waals surface area contributed by atoms with Gasteiger partial charge in [-0.05, 0) is 45.2 Å². The molecule has 0 radical (unpaired) electrons. The highest BCUT2D eigenvalue weighted by Gasteiger charge is 2.25. The minimum Gasteiger partial charge on any atom is -0.353 e. The van der Waals surface area contributed by atoms with Gasteiger partial charge in [-0.25, -0.2) is 8.42 Å². The van der Waals surface area contributed by atoms with E-state index in [0.29, 0.717) is 29.2 Å². The van der Waals surface area contributed by atoms with Crippen molar-refractivity contribution in [1.82, 2.24) is 9.78 Å². The Morgan fingerprint density at radius 2 is 2.00 bits per heavy atom. The third kappa shape index (κ3) is 5.29. The standard InChI is InChI=1S/C20H23Cl2N3O4S/c1-13-19(14(2)25(3)23-13)24-30(26,27)20-16(21)11-15(12-17(20)22)7-6-10-29-18-8-4-5-9-28-18/h11-12,18,24H,4-5,8-10H2,1-3H3. The van der Waals surface area contributed by atoms with Crippen LogP contribution in [0.4, 0.5) is 5.69 Å². The molecule has 7 nitrogen and oxygen atoms in total. The minimum atomic E-state index is -4.02. The summed E-state index contributed by atoms with van der Waals surface area (Å²) in [4.78, 5) is -0.203. The lowest BCUT2D eigenvalue weighted by molar-refractivity contribution is -0.154. The smallest absolute Gasteiger partial charge is 0.264 e. The van der Waals surface area contributed by atoms with Crippen LogP contribution in [0, 0.1) is 25.7 Å². The van der Waals surface area contributed by atoms with Crippen LogP contribution >= 0.6 is 23.2 Å². The summed E-state index contributed by atoms with van der Waals surface area (Å²) in [5, 5.41) is 4.17. The monoisotopic (exact) mass is 471 g/mol. The SMILES string of the molecule is Cc1nn(C)c(C)c1NS(=O)(=O)c1c(Cl)cc(C#CCOC2CCCCO2)cc1Cl. The summed E-state index contributed by atoms with van der Waals surface area (Å²) in [6.07, 6.45) is 2.76. The predicted molar refractivity (Wildman–Crippen MR) is 116 cm³/mol. The summed E-state index contributed by atoms with van der Waals surface area (Å²) in [6.45, 7) is 4.37. The van der Waals surface area contributed by atoms with Crippen LogP contribution < -0.4 is 4.72 Å².